The highest BCUT2D eigenvalue weighted by molar-refractivity contribution is 6.31. The zero-order valence-electron chi connectivity index (χ0n) is 16.3. The van der Waals surface area contributed by atoms with Gasteiger partial charge >= 0.3 is 0 Å². The number of methoxy groups -OCH3 is 2. The van der Waals surface area contributed by atoms with Gasteiger partial charge in [-0.25, -0.2) is 0 Å². The lowest BCUT2D eigenvalue weighted by molar-refractivity contribution is 0.0931. The second kappa shape index (κ2) is 7.99. The molecular weight excluding hydrogens is 350 g/mol. The highest BCUT2D eigenvalue weighted by Crippen LogP contribution is 2.43. The molecule has 0 N–H and O–H groups in total. The van der Waals surface area contributed by atoms with Crippen molar-refractivity contribution < 1.29 is 9.47 Å². The first kappa shape index (κ1) is 19.2. The molecule has 1 unspecified atom stereocenters. The van der Waals surface area contributed by atoms with Crippen molar-refractivity contribution in [1.82, 2.24) is 14.7 Å². The molecule has 1 aliphatic heterocycles. The molecule has 26 heavy (non-hydrogen) atoms. The number of hydrogen-bond donors (Lipinski definition) is 0. The van der Waals surface area contributed by atoms with Gasteiger partial charge in [-0.2, -0.15) is 5.10 Å². The predicted molar refractivity (Wildman–Crippen MR) is 105 cm³/mol. The first-order chi connectivity index (χ1) is 12.5. The SMILES string of the molecule is COCCN1CC(c2c(C)c(Cl)cc(C(C)n3ccc(C)n3)c2OC)C1. The van der Waals surface area contributed by atoms with Gasteiger partial charge in [-0.05, 0) is 38.5 Å². The zero-order chi connectivity index (χ0) is 18.8. The van der Waals surface area contributed by atoms with Gasteiger partial charge in [-0.3, -0.25) is 9.58 Å². The van der Waals surface area contributed by atoms with Crippen LogP contribution in [0.5, 0.6) is 5.75 Å². The van der Waals surface area contributed by atoms with Crippen molar-refractivity contribution >= 4 is 11.6 Å². The number of benzene rings is 1. The van der Waals surface area contributed by atoms with Gasteiger partial charge in [0.2, 0.25) is 0 Å². The first-order valence-corrected chi connectivity index (χ1v) is 9.44. The molecule has 0 spiro atoms. The molecule has 1 atom stereocenters. The Morgan fingerprint density at radius 3 is 2.62 bits per heavy atom. The Bertz CT molecular complexity index is 769. The quantitative estimate of drug-likeness (QED) is 0.735. The maximum Gasteiger partial charge on any atom is 0.128 e. The van der Waals surface area contributed by atoms with Crippen LogP contribution in [0.15, 0.2) is 18.3 Å². The fraction of sp³-hybridized carbons (Fsp3) is 0.550. The molecule has 1 aromatic carbocycles. The van der Waals surface area contributed by atoms with Crippen LogP contribution in [0.3, 0.4) is 0 Å². The third kappa shape index (κ3) is 3.61. The summed E-state index contributed by atoms with van der Waals surface area (Å²) in [6.45, 7) is 9.96. The minimum absolute atomic E-state index is 0.0557. The van der Waals surface area contributed by atoms with Crippen LogP contribution in [0.25, 0.3) is 0 Å². The second-order valence-electron chi connectivity index (χ2n) is 7.08. The molecule has 0 aliphatic carbocycles. The molecule has 1 saturated heterocycles. The van der Waals surface area contributed by atoms with Crippen LogP contribution in [0.1, 0.15) is 41.3 Å². The molecular formula is C20H28ClN3O2. The van der Waals surface area contributed by atoms with Crippen molar-refractivity contribution in [3.05, 3.63) is 45.7 Å². The van der Waals surface area contributed by atoms with Gasteiger partial charge < -0.3 is 9.47 Å². The molecule has 142 valence electrons. The van der Waals surface area contributed by atoms with Crippen LogP contribution in [0, 0.1) is 13.8 Å². The number of aryl methyl sites for hydroxylation is 1. The summed E-state index contributed by atoms with van der Waals surface area (Å²) in [6, 6.07) is 4.10. The smallest absolute Gasteiger partial charge is 0.128 e. The first-order valence-electron chi connectivity index (χ1n) is 9.06. The van der Waals surface area contributed by atoms with E-state index < -0.39 is 0 Å². The molecule has 0 amide bonds. The monoisotopic (exact) mass is 377 g/mol. The average molecular weight is 378 g/mol. The number of likely N-dealkylation sites (tertiary alicyclic amines) is 1. The molecule has 0 bridgehead atoms. The van der Waals surface area contributed by atoms with E-state index in [0.29, 0.717) is 5.92 Å². The number of nitrogens with zero attached hydrogens (tertiary/aromatic N) is 3. The Hall–Kier alpha value is -1.56. The summed E-state index contributed by atoms with van der Waals surface area (Å²) >= 11 is 6.61. The molecule has 1 fully saturated rings. The fourth-order valence-electron chi connectivity index (χ4n) is 3.74. The van der Waals surface area contributed by atoms with Gasteiger partial charge in [0, 0.05) is 55.0 Å². The maximum atomic E-state index is 6.61. The van der Waals surface area contributed by atoms with Gasteiger partial charge in [0.05, 0.1) is 25.5 Å². The maximum absolute atomic E-state index is 6.61. The average Bonchev–Trinajstić information content (AvgIpc) is 3.02. The summed E-state index contributed by atoms with van der Waals surface area (Å²) in [6.07, 6.45) is 2.00. The number of aromatic nitrogens is 2. The van der Waals surface area contributed by atoms with E-state index >= 15 is 0 Å². The Morgan fingerprint density at radius 2 is 2.04 bits per heavy atom. The van der Waals surface area contributed by atoms with Crippen LogP contribution in [0.4, 0.5) is 0 Å². The summed E-state index contributed by atoms with van der Waals surface area (Å²) < 4.78 is 13.0. The molecule has 1 aliphatic rings. The summed E-state index contributed by atoms with van der Waals surface area (Å²) in [4.78, 5) is 2.40. The Balaban J connectivity index is 1.93. The van der Waals surface area contributed by atoms with Crippen molar-refractivity contribution in [2.45, 2.75) is 32.7 Å². The van der Waals surface area contributed by atoms with Gasteiger partial charge in [0.1, 0.15) is 5.75 Å². The fourth-order valence-corrected chi connectivity index (χ4v) is 3.96. The molecule has 5 nitrogen and oxygen atoms in total. The van der Waals surface area contributed by atoms with E-state index in [4.69, 9.17) is 21.1 Å². The summed E-state index contributed by atoms with van der Waals surface area (Å²) in [5.41, 5.74) is 4.44. The molecule has 0 radical (unpaired) electrons. The lowest BCUT2D eigenvalue weighted by Gasteiger charge is -2.41. The summed E-state index contributed by atoms with van der Waals surface area (Å²) in [5.74, 6) is 1.38. The minimum atomic E-state index is 0.0557. The number of halogens is 1. The van der Waals surface area contributed by atoms with Crippen LogP contribution in [-0.4, -0.2) is 55.1 Å². The van der Waals surface area contributed by atoms with E-state index in [9.17, 15) is 0 Å². The lowest BCUT2D eigenvalue weighted by Crippen LogP contribution is -2.46. The summed E-state index contributed by atoms with van der Waals surface area (Å²) in [5, 5.41) is 5.36. The minimum Gasteiger partial charge on any atom is -0.496 e. The van der Waals surface area contributed by atoms with E-state index in [1.54, 1.807) is 14.2 Å². The van der Waals surface area contributed by atoms with Crippen molar-refractivity contribution in [2.24, 2.45) is 0 Å². The molecule has 1 aromatic heterocycles. The van der Waals surface area contributed by atoms with Crippen molar-refractivity contribution in [3.63, 3.8) is 0 Å². The van der Waals surface area contributed by atoms with E-state index in [1.807, 2.05) is 29.9 Å². The topological polar surface area (TPSA) is 39.5 Å². The van der Waals surface area contributed by atoms with Gasteiger partial charge in [0.15, 0.2) is 0 Å². The van der Waals surface area contributed by atoms with Crippen LogP contribution in [0.2, 0.25) is 5.02 Å². The van der Waals surface area contributed by atoms with Gasteiger partial charge in [-0.15, -0.1) is 0 Å². The molecule has 0 saturated carbocycles. The third-order valence-corrected chi connectivity index (χ3v) is 5.71. The largest absolute Gasteiger partial charge is 0.496 e. The Morgan fingerprint density at radius 1 is 1.31 bits per heavy atom. The van der Waals surface area contributed by atoms with Crippen LogP contribution in [-0.2, 0) is 4.74 Å². The van der Waals surface area contributed by atoms with Gasteiger partial charge in [-0.1, -0.05) is 11.6 Å². The lowest BCUT2D eigenvalue weighted by atomic mass is 9.85. The van der Waals surface area contributed by atoms with E-state index in [-0.39, 0.29) is 6.04 Å². The second-order valence-corrected chi connectivity index (χ2v) is 7.49. The molecule has 2 aromatic rings. The normalized spacial score (nSPS) is 16.5. The number of hydrogen-bond acceptors (Lipinski definition) is 4. The molecule has 6 heteroatoms. The van der Waals surface area contributed by atoms with Gasteiger partial charge in [0.25, 0.3) is 0 Å². The number of rotatable bonds is 7. The molecule has 2 heterocycles. The highest BCUT2D eigenvalue weighted by atomic mass is 35.5. The van der Waals surface area contributed by atoms with Crippen molar-refractivity contribution in [3.8, 4) is 5.75 Å². The standard InChI is InChI=1S/C20H28ClN3O2/c1-13-6-7-24(22-13)15(3)17-10-18(21)14(2)19(20(17)26-5)16-11-23(12-16)8-9-25-4/h6-7,10,15-16H,8-9,11-12H2,1-5H3. The van der Waals surface area contributed by atoms with Crippen LogP contribution >= 0.6 is 11.6 Å². The predicted octanol–water partition coefficient (Wildman–Crippen LogP) is 3.82. The Labute approximate surface area is 160 Å². The van der Waals surface area contributed by atoms with E-state index in [0.717, 1.165) is 53.8 Å². The Kier molecular flexibility index (Phi) is 5.90. The third-order valence-electron chi connectivity index (χ3n) is 5.32. The van der Waals surface area contributed by atoms with E-state index in [2.05, 4.69) is 23.8 Å². The highest BCUT2D eigenvalue weighted by Gasteiger charge is 2.33. The zero-order valence-corrected chi connectivity index (χ0v) is 17.0. The van der Waals surface area contributed by atoms with Crippen molar-refractivity contribution in [2.75, 3.05) is 40.5 Å². The van der Waals surface area contributed by atoms with Crippen LogP contribution < -0.4 is 4.74 Å². The van der Waals surface area contributed by atoms with E-state index in [1.165, 1.54) is 5.56 Å². The summed E-state index contributed by atoms with van der Waals surface area (Å²) in [7, 11) is 3.49. The number of ether oxygens (including phenoxy) is 2. The molecule has 3 rings (SSSR count). The van der Waals surface area contributed by atoms with Crippen molar-refractivity contribution in [1.29, 1.82) is 0 Å².